The van der Waals surface area contributed by atoms with Crippen LogP contribution in [0.3, 0.4) is 0 Å². The van der Waals surface area contributed by atoms with E-state index in [9.17, 15) is 9.18 Å². The van der Waals surface area contributed by atoms with Gasteiger partial charge in [0.25, 0.3) is 5.91 Å². The summed E-state index contributed by atoms with van der Waals surface area (Å²) in [6, 6.07) is 6.82. The van der Waals surface area contributed by atoms with E-state index >= 15 is 0 Å². The summed E-state index contributed by atoms with van der Waals surface area (Å²) < 4.78 is 20.3. The Bertz CT molecular complexity index is 1050. The second-order valence-electron chi connectivity index (χ2n) is 6.43. The molecule has 1 aromatic carbocycles. The van der Waals surface area contributed by atoms with Gasteiger partial charge in [0.2, 0.25) is 0 Å². The maximum atomic E-state index is 14.3. The first-order chi connectivity index (χ1) is 13.5. The average molecular weight is 468 g/mol. The number of halogens is 3. The molecule has 1 amide bonds. The second-order valence-corrected chi connectivity index (χ2v) is 7.70. The molecule has 9 heteroatoms. The number of hydrogen-bond donors (Lipinski definition) is 1. The number of aromatic nitrogens is 2. The van der Waals surface area contributed by atoms with Gasteiger partial charge in [0, 0.05) is 42.2 Å². The second kappa shape index (κ2) is 7.60. The highest BCUT2D eigenvalue weighted by molar-refractivity contribution is 9.10. The van der Waals surface area contributed by atoms with E-state index < -0.39 is 5.82 Å². The fourth-order valence-corrected chi connectivity index (χ4v) is 4.25. The molecule has 6 nitrogen and oxygen atoms in total. The number of piperazine rings is 1. The van der Waals surface area contributed by atoms with Crippen molar-refractivity contribution in [2.75, 3.05) is 38.2 Å². The van der Waals surface area contributed by atoms with Crippen LogP contribution >= 0.6 is 27.5 Å². The number of methoxy groups -OCH3 is 1. The van der Waals surface area contributed by atoms with Crippen molar-refractivity contribution in [2.24, 2.45) is 0 Å². The lowest BCUT2D eigenvalue weighted by molar-refractivity contribution is 0.0741. The van der Waals surface area contributed by atoms with Crippen LogP contribution in [0.5, 0.6) is 5.75 Å². The van der Waals surface area contributed by atoms with Gasteiger partial charge in [0.15, 0.2) is 17.4 Å². The SMILES string of the molecule is COc1cccnc1N1CCN(C(=O)c2cc3c(Br)cc(Cl)c(F)c3[nH]2)CC1. The van der Waals surface area contributed by atoms with Gasteiger partial charge in [-0.3, -0.25) is 4.79 Å². The van der Waals surface area contributed by atoms with Crippen LogP contribution in [0.15, 0.2) is 34.9 Å². The summed E-state index contributed by atoms with van der Waals surface area (Å²) in [5.74, 6) is 0.732. The maximum Gasteiger partial charge on any atom is 0.270 e. The van der Waals surface area contributed by atoms with E-state index in [4.69, 9.17) is 16.3 Å². The molecule has 3 aromatic rings. The lowest BCUT2D eigenvalue weighted by atomic mass is 10.2. The minimum absolute atomic E-state index is 0.00172. The number of ether oxygens (including phenoxy) is 1. The third kappa shape index (κ3) is 3.31. The number of carbonyl (C=O) groups is 1. The highest BCUT2D eigenvalue weighted by atomic mass is 79.9. The Labute approximate surface area is 174 Å². The molecule has 0 unspecified atom stereocenters. The summed E-state index contributed by atoms with van der Waals surface area (Å²) >= 11 is 9.25. The number of H-pyrrole nitrogens is 1. The zero-order valence-corrected chi connectivity index (χ0v) is 17.3. The minimum atomic E-state index is -0.564. The number of nitrogens with one attached hydrogen (secondary N) is 1. The maximum absolute atomic E-state index is 14.3. The van der Waals surface area contributed by atoms with Crippen molar-refractivity contribution in [3.05, 3.63) is 51.5 Å². The topological polar surface area (TPSA) is 61.5 Å². The van der Waals surface area contributed by atoms with Crippen molar-refractivity contribution < 1.29 is 13.9 Å². The molecular formula is C19H17BrClFN4O2. The highest BCUT2D eigenvalue weighted by Crippen LogP contribution is 2.32. The number of anilines is 1. The van der Waals surface area contributed by atoms with E-state index in [-0.39, 0.29) is 16.4 Å². The molecule has 0 radical (unpaired) electrons. The number of aromatic amines is 1. The predicted octanol–water partition coefficient (Wildman–Crippen LogP) is 4.09. The van der Waals surface area contributed by atoms with Crippen molar-refractivity contribution in [3.63, 3.8) is 0 Å². The number of rotatable bonds is 3. The number of pyridine rings is 1. The molecule has 2 aromatic heterocycles. The van der Waals surface area contributed by atoms with Gasteiger partial charge in [-0.2, -0.15) is 0 Å². The minimum Gasteiger partial charge on any atom is -0.493 e. The fourth-order valence-electron chi connectivity index (χ4n) is 3.37. The average Bonchev–Trinajstić information content (AvgIpc) is 3.18. The van der Waals surface area contributed by atoms with Gasteiger partial charge >= 0.3 is 0 Å². The summed E-state index contributed by atoms with van der Waals surface area (Å²) in [7, 11) is 1.61. The van der Waals surface area contributed by atoms with E-state index in [1.807, 2.05) is 12.1 Å². The first-order valence-corrected chi connectivity index (χ1v) is 9.86. The van der Waals surface area contributed by atoms with Crippen molar-refractivity contribution in [1.29, 1.82) is 0 Å². The van der Waals surface area contributed by atoms with E-state index in [0.717, 1.165) is 5.82 Å². The number of amides is 1. The molecule has 0 saturated carbocycles. The van der Waals surface area contributed by atoms with Crippen LogP contribution in [-0.2, 0) is 0 Å². The molecule has 1 aliphatic rings. The zero-order chi connectivity index (χ0) is 19.8. The molecule has 0 spiro atoms. The van der Waals surface area contributed by atoms with Crippen LogP contribution in [0.4, 0.5) is 10.2 Å². The zero-order valence-electron chi connectivity index (χ0n) is 15.0. The molecule has 3 heterocycles. The summed E-state index contributed by atoms with van der Waals surface area (Å²) in [5, 5.41) is 0.584. The Hall–Kier alpha value is -2.32. The summed E-state index contributed by atoms with van der Waals surface area (Å²) in [6.45, 7) is 2.31. The molecule has 1 N–H and O–H groups in total. The third-order valence-corrected chi connectivity index (χ3v) is 5.76. The summed E-state index contributed by atoms with van der Waals surface area (Å²) in [5.41, 5.74) is 0.556. The lowest BCUT2D eigenvalue weighted by Crippen LogP contribution is -2.49. The monoisotopic (exact) mass is 466 g/mol. The number of carbonyl (C=O) groups excluding carboxylic acids is 1. The van der Waals surface area contributed by atoms with Gasteiger partial charge in [-0.05, 0) is 24.3 Å². The molecule has 0 atom stereocenters. The third-order valence-electron chi connectivity index (χ3n) is 4.83. The van der Waals surface area contributed by atoms with Gasteiger partial charge in [-0.15, -0.1) is 0 Å². The van der Waals surface area contributed by atoms with Crippen LogP contribution in [0.25, 0.3) is 10.9 Å². The van der Waals surface area contributed by atoms with Crippen LogP contribution in [0, 0.1) is 5.82 Å². The molecule has 4 rings (SSSR count). The molecule has 146 valence electrons. The molecule has 1 fully saturated rings. The smallest absolute Gasteiger partial charge is 0.270 e. The first-order valence-electron chi connectivity index (χ1n) is 8.69. The quantitative estimate of drug-likeness (QED) is 0.590. The van der Waals surface area contributed by atoms with Gasteiger partial charge in [-0.25, -0.2) is 9.37 Å². The van der Waals surface area contributed by atoms with E-state index in [2.05, 4.69) is 30.8 Å². The fraction of sp³-hybridized carbons (Fsp3) is 0.263. The molecule has 0 bridgehead atoms. The van der Waals surface area contributed by atoms with Gasteiger partial charge in [0.05, 0.1) is 17.6 Å². The number of benzene rings is 1. The Morgan fingerprint density at radius 3 is 2.79 bits per heavy atom. The van der Waals surface area contributed by atoms with Gasteiger partial charge in [0.1, 0.15) is 5.69 Å². The molecule has 1 saturated heterocycles. The Kier molecular flexibility index (Phi) is 5.16. The number of nitrogens with zero attached hydrogens (tertiary/aromatic N) is 3. The standard InChI is InChI=1S/C19H17BrClFN4O2/c1-28-15-3-2-4-23-18(15)25-5-7-26(8-6-25)19(27)14-9-11-12(20)10-13(21)16(22)17(11)24-14/h2-4,9-10,24H,5-8H2,1H3. The lowest BCUT2D eigenvalue weighted by Gasteiger charge is -2.35. The van der Waals surface area contributed by atoms with Crippen molar-refractivity contribution in [2.45, 2.75) is 0 Å². The Morgan fingerprint density at radius 2 is 2.07 bits per heavy atom. The Balaban J connectivity index is 1.52. The summed E-state index contributed by atoms with van der Waals surface area (Å²) in [6.07, 6.45) is 1.72. The molecule has 28 heavy (non-hydrogen) atoms. The molecule has 1 aliphatic heterocycles. The van der Waals surface area contributed by atoms with Crippen LogP contribution in [0.2, 0.25) is 5.02 Å². The first kappa shape index (κ1) is 19.0. The Morgan fingerprint density at radius 1 is 1.32 bits per heavy atom. The van der Waals surface area contributed by atoms with Crippen LogP contribution in [-0.4, -0.2) is 54.1 Å². The normalized spacial score (nSPS) is 14.6. The van der Waals surface area contributed by atoms with Crippen LogP contribution in [0.1, 0.15) is 10.5 Å². The van der Waals surface area contributed by atoms with Crippen molar-refractivity contribution in [1.82, 2.24) is 14.9 Å². The molecule has 0 aliphatic carbocycles. The predicted molar refractivity (Wildman–Crippen MR) is 110 cm³/mol. The number of hydrogen-bond acceptors (Lipinski definition) is 4. The summed E-state index contributed by atoms with van der Waals surface area (Å²) in [4.78, 5) is 24.0. The molecular weight excluding hydrogens is 451 g/mol. The highest BCUT2D eigenvalue weighted by Gasteiger charge is 2.26. The van der Waals surface area contributed by atoms with Crippen molar-refractivity contribution in [3.8, 4) is 5.75 Å². The van der Waals surface area contributed by atoms with Crippen LogP contribution < -0.4 is 9.64 Å². The van der Waals surface area contributed by atoms with Gasteiger partial charge in [-0.1, -0.05) is 27.5 Å². The van der Waals surface area contributed by atoms with Gasteiger partial charge < -0.3 is 19.5 Å². The largest absolute Gasteiger partial charge is 0.493 e. The van der Waals surface area contributed by atoms with E-state index in [1.165, 1.54) is 6.07 Å². The number of fused-ring (bicyclic) bond motifs is 1. The van der Waals surface area contributed by atoms with Crippen molar-refractivity contribution >= 4 is 50.2 Å². The van der Waals surface area contributed by atoms with E-state index in [1.54, 1.807) is 24.3 Å². The van der Waals surface area contributed by atoms with E-state index in [0.29, 0.717) is 47.5 Å².